The zero-order valence-corrected chi connectivity index (χ0v) is 11.6. The number of aryl methyl sites for hydroxylation is 1. The van der Waals surface area contributed by atoms with Gasteiger partial charge < -0.3 is 4.90 Å². The minimum absolute atomic E-state index is 0.0400. The molecule has 0 unspecified atom stereocenters. The van der Waals surface area contributed by atoms with Crippen molar-refractivity contribution in [3.8, 4) is 0 Å². The third-order valence-electron chi connectivity index (χ3n) is 3.05. The number of amides is 1. The lowest BCUT2D eigenvalue weighted by atomic mass is 10.1. The average Bonchev–Trinajstić information content (AvgIpc) is 3.14. The number of hydrogen-bond donors (Lipinski definition) is 0. The van der Waals surface area contributed by atoms with Gasteiger partial charge in [0.2, 0.25) is 0 Å². The van der Waals surface area contributed by atoms with Gasteiger partial charge in [-0.2, -0.15) is 0 Å². The largest absolute Gasteiger partial charge is 0.335 e. The molecule has 1 saturated carbocycles. The minimum Gasteiger partial charge on any atom is -0.335 e. The van der Waals surface area contributed by atoms with Crippen molar-refractivity contribution in [2.24, 2.45) is 0 Å². The van der Waals surface area contributed by atoms with Gasteiger partial charge in [-0.1, -0.05) is 15.9 Å². The van der Waals surface area contributed by atoms with Crippen molar-refractivity contribution in [1.82, 2.24) is 4.90 Å². The Bertz CT molecular complexity index is 474. The summed E-state index contributed by atoms with van der Waals surface area (Å²) in [5, 5.41) is 0.650. The molecule has 1 aliphatic carbocycles. The van der Waals surface area contributed by atoms with Gasteiger partial charge >= 0.3 is 0 Å². The van der Waals surface area contributed by atoms with Gasteiger partial charge in [-0.25, -0.2) is 8.78 Å². The molecule has 0 aromatic heterocycles. The molecule has 0 spiro atoms. The van der Waals surface area contributed by atoms with E-state index in [-0.39, 0.29) is 23.1 Å². The van der Waals surface area contributed by atoms with E-state index in [9.17, 15) is 13.6 Å². The van der Waals surface area contributed by atoms with Gasteiger partial charge in [-0.3, -0.25) is 4.79 Å². The fourth-order valence-corrected chi connectivity index (χ4v) is 2.29. The molecule has 1 aromatic rings. The highest BCUT2D eigenvalue weighted by molar-refractivity contribution is 9.09. The van der Waals surface area contributed by atoms with Gasteiger partial charge in [0.25, 0.3) is 5.91 Å². The van der Waals surface area contributed by atoms with Gasteiger partial charge in [-0.15, -0.1) is 0 Å². The Morgan fingerprint density at radius 3 is 2.61 bits per heavy atom. The van der Waals surface area contributed by atoms with E-state index in [0.717, 1.165) is 18.9 Å². The molecule has 1 amide bonds. The number of hydrogen-bond acceptors (Lipinski definition) is 1. The van der Waals surface area contributed by atoms with E-state index in [2.05, 4.69) is 15.9 Å². The summed E-state index contributed by atoms with van der Waals surface area (Å²) in [5.74, 6) is -1.76. The summed E-state index contributed by atoms with van der Waals surface area (Å²) in [6, 6.07) is 2.28. The summed E-state index contributed by atoms with van der Waals surface area (Å²) < 4.78 is 26.8. The van der Waals surface area contributed by atoms with Gasteiger partial charge in [0.1, 0.15) is 11.6 Å². The molecule has 5 heteroatoms. The number of carbonyl (C=O) groups excluding carboxylic acids is 1. The van der Waals surface area contributed by atoms with Crippen LogP contribution in [0.25, 0.3) is 0 Å². The Morgan fingerprint density at radius 1 is 1.39 bits per heavy atom. The first-order chi connectivity index (χ1) is 8.54. The van der Waals surface area contributed by atoms with E-state index in [1.807, 2.05) is 0 Å². The van der Waals surface area contributed by atoms with Crippen LogP contribution in [0.2, 0.25) is 0 Å². The quantitative estimate of drug-likeness (QED) is 0.780. The number of alkyl halides is 1. The Balaban J connectivity index is 2.29. The molecule has 0 bridgehead atoms. The van der Waals surface area contributed by atoms with Crippen molar-refractivity contribution in [1.29, 1.82) is 0 Å². The number of nitrogens with zero attached hydrogens (tertiary/aromatic N) is 1. The van der Waals surface area contributed by atoms with Crippen LogP contribution in [-0.4, -0.2) is 28.7 Å². The van der Waals surface area contributed by atoms with Crippen LogP contribution in [0.15, 0.2) is 12.1 Å². The molecular formula is C13H14BrF2NO. The third-order valence-corrected chi connectivity index (χ3v) is 3.41. The van der Waals surface area contributed by atoms with E-state index < -0.39 is 11.6 Å². The predicted octanol–water partition coefficient (Wildman–Crippen LogP) is 3.27. The van der Waals surface area contributed by atoms with Crippen molar-refractivity contribution in [2.75, 3.05) is 11.9 Å². The zero-order valence-electron chi connectivity index (χ0n) is 10.0. The summed E-state index contributed by atoms with van der Waals surface area (Å²) in [7, 11) is 0. The molecular weight excluding hydrogens is 304 g/mol. The molecule has 0 saturated heterocycles. The molecule has 0 radical (unpaired) electrons. The van der Waals surface area contributed by atoms with Crippen LogP contribution in [0.1, 0.15) is 28.8 Å². The first-order valence-corrected chi connectivity index (χ1v) is 6.99. The van der Waals surface area contributed by atoms with Crippen LogP contribution in [0.5, 0.6) is 0 Å². The fourth-order valence-electron chi connectivity index (χ4n) is 1.90. The second-order valence-electron chi connectivity index (χ2n) is 4.50. The lowest BCUT2D eigenvalue weighted by Gasteiger charge is -2.21. The monoisotopic (exact) mass is 317 g/mol. The summed E-state index contributed by atoms with van der Waals surface area (Å²) in [6.45, 7) is 2.07. The van der Waals surface area contributed by atoms with E-state index in [0.29, 0.717) is 11.9 Å². The number of carbonyl (C=O) groups is 1. The number of halogens is 3. The Kier molecular flexibility index (Phi) is 4.00. The standard InChI is InChI=1S/C13H14BrF2NO/c1-8-6-10(12(16)7-11(8)15)13(18)17(5-4-14)9-2-3-9/h6-7,9H,2-5H2,1H3. The molecule has 1 aliphatic rings. The van der Waals surface area contributed by atoms with E-state index in [4.69, 9.17) is 0 Å². The Labute approximate surface area is 113 Å². The SMILES string of the molecule is Cc1cc(C(=O)N(CCBr)C2CC2)c(F)cc1F. The maximum atomic E-state index is 13.7. The predicted molar refractivity (Wildman–Crippen MR) is 68.9 cm³/mol. The maximum Gasteiger partial charge on any atom is 0.257 e. The molecule has 98 valence electrons. The first kappa shape index (κ1) is 13.5. The van der Waals surface area contributed by atoms with Crippen LogP contribution in [0, 0.1) is 18.6 Å². The lowest BCUT2D eigenvalue weighted by molar-refractivity contribution is 0.0749. The summed E-state index contributed by atoms with van der Waals surface area (Å²) in [5.41, 5.74) is 0.246. The summed E-state index contributed by atoms with van der Waals surface area (Å²) >= 11 is 3.28. The average molecular weight is 318 g/mol. The zero-order chi connectivity index (χ0) is 13.3. The lowest BCUT2D eigenvalue weighted by Crippen LogP contribution is -2.35. The van der Waals surface area contributed by atoms with Gasteiger partial charge in [-0.05, 0) is 31.4 Å². The molecule has 1 aromatic carbocycles. The van der Waals surface area contributed by atoms with Crippen molar-refractivity contribution < 1.29 is 13.6 Å². The highest BCUT2D eigenvalue weighted by Crippen LogP contribution is 2.29. The number of benzene rings is 1. The normalized spacial score (nSPS) is 14.7. The second kappa shape index (κ2) is 5.34. The molecule has 0 heterocycles. The molecule has 0 aliphatic heterocycles. The van der Waals surface area contributed by atoms with Gasteiger partial charge in [0, 0.05) is 24.0 Å². The summed E-state index contributed by atoms with van der Waals surface area (Å²) in [4.78, 5) is 13.9. The highest BCUT2D eigenvalue weighted by atomic mass is 79.9. The second-order valence-corrected chi connectivity index (χ2v) is 5.29. The maximum absolute atomic E-state index is 13.7. The van der Waals surface area contributed by atoms with E-state index >= 15 is 0 Å². The van der Waals surface area contributed by atoms with Crippen molar-refractivity contribution in [3.63, 3.8) is 0 Å². The van der Waals surface area contributed by atoms with Crippen LogP contribution < -0.4 is 0 Å². The van der Waals surface area contributed by atoms with E-state index in [1.165, 1.54) is 13.0 Å². The molecule has 0 atom stereocenters. The Morgan fingerprint density at radius 2 is 2.06 bits per heavy atom. The van der Waals surface area contributed by atoms with E-state index in [1.54, 1.807) is 4.90 Å². The minimum atomic E-state index is -0.789. The molecule has 0 N–H and O–H groups in total. The molecule has 1 fully saturated rings. The van der Waals surface area contributed by atoms with Crippen molar-refractivity contribution >= 4 is 21.8 Å². The molecule has 2 nitrogen and oxygen atoms in total. The molecule has 2 rings (SSSR count). The molecule has 18 heavy (non-hydrogen) atoms. The first-order valence-electron chi connectivity index (χ1n) is 5.87. The Hall–Kier alpha value is -0.970. The van der Waals surface area contributed by atoms with Gasteiger partial charge in [0.05, 0.1) is 5.56 Å². The number of rotatable bonds is 4. The van der Waals surface area contributed by atoms with Gasteiger partial charge in [0.15, 0.2) is 0 Å². The van der Waals surface area contributed by atoms with Crippen molar-refractivity contribution in [3.05, 3.63) is 34.9 Å². The topological polar surface area (TPSA) is 20.3 Å². The van der Waals surface area contributed by atoms with Crippen molar-refractivity contribution in [2.45, 2.75) is 25.8 Å². The van der Waals surface area contributed by atoms with Crippen LogP contribution >= 0.6 is 15.9 Å². The highest BCUT2D eigenvalue weighted by Gasteiger charge is 2.33. The van der Waals surface area contributed by atoms with Crippen LogP contribution in [0.3, 0.4) is 0 Å². The summed E-state index contributed by atoms with van der Waals surface area (Å²) in [6.07, 6.45) is 1.92. The van der Waals surface area contributed by atoms with Crippen LogP contribution in [-0.2, 0) is 0 Å². The van der Waals surface area contributed by atoms with Crippen LogP contribution in [0.4, 0.5) is 8.78 Å². The third kappa shape index (κ3) is 2.71. The smallest absolute Gasteiger partial charge is 0.257 e. The fraction of sp³-hybridized carbons (Fsp3) is 0.462.